The van der Waals surface area contributed by atoms with Crippen molar-refractivity contribution >= 4 is 35.1 Å². The standard InChI is InChI=1S/C23H25ClN2O5/c1-14-3-6-20(27)18(11-14)22(29)26-9-7-16(8-10-26)23(30)31-13-21(28)25-19-5-4-17(24)12-15(19)2/h3-6,11-12,16,27H,7-10,13H2,1-2H3,(H,25,28). The first-order valence-corrected chi connectivity index (χ1v) is 10.4. The normalized spacial score (nSPS) is 14.2. The van der Waals surface area contributed by atoms with E-state index in [1.807, 2.05) is 13.8 Å². The van der Waals surface area contributed by atoms with Gasteiger partial charge in [0.25, 0.3) is 11.8 Å². The summed E-state index contributed by atoms with van der Waals surface area (Å²) in [7, 11) is 0. The van der Waals surface area contributed by atoms with Gasteiger partial charge in [-0.3, -0.25) is 14.4 Å². The van der Waals surface area contributed by atoms with Crippen LogP contribution in [0.2, 0.25) is 5.02 Å². The highest BCUT2D eigenvalue weighted by Crippen LogP contribution is 2.25. The number of aryl methyl sites for hydroxylation is 2. The quantitative estimate of drug-likeness (QED) is 0.685. The topological polar surface area (TPSA) is 95.9 Å². The summed E-state index contributed by atoms with van der Waals surface area (Å²) in [5, 5.41) is 13.2. The monoisotopic (exact) mass is 444 g/mol. The summed E-state index contributed by atoms with van der Waals surface area (Å²) in [6.45, 7) is 4.05. The maximum atomic E-state index is 12.7. The lowest BCUT2D eigenvalue weighted by molar-refractivity contribution is -0.152. The van der Waals surface area contributed by atoms with E-state index >= 15 is 0 Å². The third kappa shape index (κ3) is 5.76. The van der Waals surface area contributed by atoms with Gasteiger partial charge in [0.15, 0.2) is 6.61 Å². The predicted octanol–water partition coefficient (Wildman–Crippen LogP) is 3.70. The van der Waals surface area contributed by atoms with Gasteiger partial charge in [-0.15, -0.1) is 0 Å². The summed E-state index contributed by atoms with van der Waals surface area (Å²) < 4.78 is 5.17. The predicted molar refractivity (Wildman–Crippen MR) is 117 cm³/mol. The summed E-state index contributed by atoms with van der Waals surface area (Å²) in [4.78, 5) is 38.7. The Balaban J connectivity index is 1.47. The highest BCUT2D eigenvalue weighted by Gasteiger charge is 2.30. The largest absolute Gasteiger partial charge is 0.507 e. The van der Waals surface area contributed by atoms with Gasteiger partial charge in [-0.1, -0.05) is 23.2 Å². The zero-order chi connectivity index (χ0) is 22.5. The lowest BCUT2D eigenvalue weighted by atomic mass is 9.96. The van der Waals surface area contributed by atoms with E-state index < -0.39 is 11.9 Å². The number of ether oxygens (including phenoxy) is 1. The molecular formula is C23H25ClN2O5. The Morgan fingerprint density at radius 3 is 2.52 bits per heavy atom. The molecule has 0 spiro atoms. The molecule has 0 bridgehead atoms. The van der Waals surface area contributed by atoms with E-state index in [1.165, 1.54) is 6.07 Å². The van der Waals surface area contributed by atoms with Gasteiger partial charge in [0, 0.05) is 23.8 Å². The molecular weight excluding hydrogens is 420 g/mol. The minimum Gasteiger partial charge on any atom is -0.507 e. The van der Waals surface area contributed by atoms with Crippen LogP contribution in [0.25, 0.3) is 0 Å². The van der Waals surface area contributed by atoms with Crippen LogP contribution in [-0.4, -0.2) is 47.5 Å². The number of hydrogen-bond acceptors (Lipinski definition) is 5. The number of carbonyl (C=O) groups is 3. The molecule has 3 rings (SSSR count). The van der Waals surface area contributed by atoms with Gasteiger partial charge in [-0.05, 0) is 62.6 Å². The van der Waals surface area contributed by atoms with Crippen LogP contribution in [0.3, 0.4) is 0 Å². The number of phenols is 1. The van der Waals surface area contributed by atoms with Gasteiger partial charge in [0.05, 0.1) is 11.5 Å². The summed E-state index contributed by atoms with van der Waals surface area (Å²) >= 11 is 5.90. The first-order chi connectivity index (χ1) is 14.7. The van der Waals surface area contributed by atoms with Crippen LogP contribution in [0, 0.1) is 19.8 Å². The average Bonchev–Trinajstić information content (AvgIpc) is 2.75. The number of likely N-dealkylation sites (tertiary alicyclic amines) is 1. The Hall–Kier alpha value is -3.06. The maximum absolute atomic E-state index is 12.7. The summed E-state index contributed by atoms with van der Waals surface area (Å²) in [5.74, 6) is -1.57. The molecule has 1 fully saturated rings. The number of nitrogens with one attached hydrogen (secondary N) is 1. The molecule has 0 unspecified atom stereocenters. The van der Waals surface area contributed by atoms with Gasteiger partial charge in [-0.2, -0.15) is 0 Å². The molecule has 0 saturated carbocycles. The fraction of sp³-hybridized carbons (Fsp3) is 0.348. The second kappa shape index (κ2) is 9.83. The number of halogens is 1. The zero-order valence-electron chi connectivity index (χ0n) is 17.5. The second-order valence-electron chi connectivity index (χ2n) is 7.70. The summed E-state index contributed by atoms with van der Waals surface area (Å²) in [6.07, 6.45) is 0.879. The molecule has 1 aliphatic rings. The highest BCUT2D eigenvalue weighted by molar-refractivity contribution is 6.30. The number of benzene rings is 2. The first-order valence-electron chi connectivity index (χ1n) is 10.1. The van der Waals surface area contributed by atoms with E-state index in [9.17, 15) is 19.5 Å². The lowest BCUT2D eigenvalue weighted by Gasteiger charge is -2.31. The van der Waals surface area contributed by atoms with Crippen molar-refractivity contribution in [3.05, 3.63) is 58.1 Å². The zero-order valence-corrected chi connectivity index (χ0v) is 18.2. The number of rotatable bonds is 5. The minimum absolute atomic E-state index is 0.0564. The average molecular weight is 445 g/mol. The van der Waals surface area contributed by atoms with E-state index in [0.29, 0.717) is 36.6 Å². The minimum atomic E-state index is -0.450. The molecule has 7 nitrogen and oxygen atoms in total. The van der Waals surface area contributed by atoms with Crippen molar-refractivity contribution in [3.63, 3.8) is 0 Å². The van der Waals surface area contributed by atoms with Gasteiger partial charge < -0.3 is 20.1 Å². The van der Waals surface area contributed by atoms with Crippen LogP contribution in [-0.2, 0) is 14.3 Å². The smallest absolute Gasteiger partial charge is 0.309 e. The van der Waals surface area contributed by atoms with Crippen molar-refractivity contribution in [1.82, 2.24) is 4.90 Å². The van der Waals surface area contributed by atoms with Crippen LogP contribution in [0.4, 0.5) is 5.69 Å². The van der Waals surface area contributed by atoms with Crippen molar-refractivity contribution < 1.29 is 24.2 Å². The van der Waals surface area contributed by atoms with E-state index in [2.05, 4.69) is 5.32 Å². The molecule has 1 saturated heterocycles. The van der Waals surface area contributed by atoms with Gasteiger partial charge in [0.1, 0.15) is 5.75 Å². The van der Waals surface area contributed by atoms with Gasteiger partial charge in [-0.25, -0.2) is 0 Å². The third-order valence-electron chi connectivity index (χ3n) is 5.31. The van der Waals surface area contributed by atoms with Crippen LogP contribution >= 0.6 is 11.6 Å². The first kappa shape index (κ1) is 22.6. The maximum Gasteiger partial charge on any atom is 0.309 e. The number of phenolic OH excluding ortho intramolecular Hbond substituents is 1. The van der Waals surface area contributed by atoms with Crippen LogP contribution in [0.1, 0.15) is 34.3 Å². The number of hydrogen-bond donors (Lipinski definition) is 2. The fourth-order valence-electron chi connectivity index (χ4n) is 3.52. The van der Waals surface area contributed by atoms with E-state index in [1.54, 1.807) is 35.2 Å². The SMILES string of the molecule is Cc1ccc(O)c(C(=O)N2CCC(C(=O)OCC(=O)Nc3ccc(Cl)cc3C)CC2)c1. The number of carbonyl (C=O) groups excluding carboxylic acids is 3. The molecule has 8 heteroatoms. The van der Waals surface area contributed by atoms with Crippen LogP contribution in [0.5, 0.6) is 5.75 Å². The van der Waals surface area contributed by atoms with Crippen molar-refractivity contribution in [1.29, 1.82) is 0 Å². The Morgan fingerprint density at radius 1 is 1.13 bits per heavy atom. The molecule has 0 atom stereocenters. The lowest BCUT2D eigenvalue weighted by Crippen LogP contribution is -2.41. The number of piperidine rings is 1. The summed E-state index contributed by atoms with van der Waals surface area (Å²) in [5.41, 5.74) is 2.56. The fourth-order valence-corrected chi connectivity index (χ4v) is 3.74. The molecule has 2 aromatic carbocycles. The van der Waals surface area contributed by atoms with Crippen LogP contribution < -0.4 is 5.32 Å². The van der Waals surface area contributed by atoms with E-state index in [-0.39, 0.29) is 29.7 Å². The highest BCUT2D eigenvalue weighted by atomic mass is 35.5. The number of aromatic hydroxyl groups is 1. The number of nitrogens with zero attached hydrogens (tertiary/aromatic N) is 1. The molecule has 0 aromatic heterocycles. The van der Waals surface area contributed by atoms with Crippen molar-refractivity contribution in [2.45, 2.75) is 26.7 Å². The molecule has 2 N–H and O–H groups in total. The molecule has 164 valence electrons. The number of amides is 2. The van der Waals surface area contributed by atoms with Crippen molar-refractivity contribution in [3.8, 4) is 5.75 Å². The second-order valence-corrected chi connectivity index (χ2v) is 8.14. The number of anilines is 1. The molecule has 31 heavy (non-hydrogen) atoms. The molecule has 2 amide bonds. The Labute approximate surface area is 186 Å². The molecule has 0 radical (unpaired) electrons. The van der Waals surface area contributed by atoms with Crippen molar-refractivity contribution in [2.75, 3.05) is 25.0 Å². The van der Waals surface area contributed by atoms with E-state index in [4.69, 9.17) is 16.3 Å². The Bertz CT molecular complexity index is 999. The van der Waals surface area contributed by atoms with Gasteiger partial charge in [0.2, 0.25) is 0 Å². The van der Waals surface area contributed by atoms with Gasteiger partial charge >= 0.3 is 5.97 Å². The third-order valence-corrected chi connectivity index (χ3v) is 5.54. The molecule has 2 aromatic rings. The van der Waals surface area contributed by atoms with E-state index in [0.717, 1.165) is 11.1 Å². The molecule has 1 aliphatic heterocycles. The molecule has 0 aliphatic carbocycles. The molecule has 1 heterocycles. The number of esters is 1. The summed E-state index contributed by atoms with van der Waals surface area (Å²) in [6, 6.07) is 9.98. The van der Waals surface area contributed by atoms with Crippen molar-refractivity contribution in [2.24, 2.45) is 5.92 Å². The Kier molecular flexibility index (Phi) is 7.17. The Morgan fingerprint density at radius 2 is 1.84 bits per heavy atom. The van der Waals surface area contributed by atoms with Crippen LogP contribution in [0.15, 0.2) is 36.4 Å².